The van der Waals surface area contributed by atoms with Crippen LogP contribution in [-0.2, 0) is 4.74 Å². The molecule has 0 spiro atoms. The highest BCUT2D eigenvalue weighted by Gasteiger charge is 2.27. The van der Waals surface area contributed by atoms with Crippen LogP contribution in [0.25, 0.3) is 11.6 Å². The Morgan fingerprint density at radius 3 is 3.00 bits per heavy atom. The van der Waals surface area contributed by atoms with Crippen LogP contribution in [0.5, 0.6) is 5.75 Å². The molecular formula is C17H18N4O4. The van der Waals surface area contributed by atoms with Gasteiger partial charge in [-0.3, -0.25) is 5.43 Å². The Balaban J connectivity index is 2.04. The molecule has 3 heterocycles. The average molecular weight is 342 g/mol. The lowest BCUT2D eigenvalue weighted by Crippen LogP contribution is -2.21. The molecule has 0 unspecified atom stereocenters. The predicted octanol–water partition coefficient (Wildman–Crippen LogP) is 2.70. The van der Waals surface area contributed by atoms with Gasteiger partial charge in [0.1, 0.15) is 0 Å². The smallest absolute Gasteiger partial charge is 0.347 e. The Morgan fingerprint density at radius 2 is 2.28 bits per heavy atom. The number of fused-ring (bicyclic) bond motifs is 1. The third kappa shape index (κ3) is 3.24. The van der Waals surface area contributed by atoms with E-state index in [-0.39, 0.29) is 29.6 Å². The van der Waals surface area contributed by atoms with E-state index in [2.05, 4.69) is 15.4 Å². The maximum Gasteiger partial charge on any atom is 0.347 e. The number of nitrogens with zero attached hydrogens (tertiary/aromatic N) is 3. The fourth-order valence-electron chi connectivity index (χ4n) is 2.39. The summed E-state index contributed by atoms with van der Waals surface area (Å²) in [5, 5.41) is 12.1. The number of hydrogen-bond acceptors (Lipinski definition) is 8. The Hall–Kier alpha value is -3.13. The minimum Gasteiger partial charge on any atom is -0.504 e. The lowest BCUT2D eigenvalue weighted by molar-refractivity contribution is 0.0524. The molecule has 0 saturated heterocycles. The van der Waals surface area contributed by atoms with Gasteiger partial charge >= 0.3 is 5.97 Å². The highest BCUT2D eigenvalue weighted by atomic mass is 16.5. The minimum atomic E-state index is -0.667. The Bertz CT molecular complexity index is 868. The number of carbonyl (C=O) groups is 1. The van der Waals surface area contributed by atoms with Crippen molar-refractivity contribution in [3.05, 3.63) is 35.2 Å². The van der Waals surface area contributed by atoms with Crippen LogP contribution in [0.3, 0.4) is 0 Å². The Kier molecular flexibility index (Phi) is 4.53. The van der Waals surface area contributed by atoms with E-state index in [1.165, 1.54) is 0 Å². The Labute approximate surface area is 144 Å². The van der Waals surface area contributed by atoms with E-state index in [1.807, 2.05) is 6.07 Å². The second-order valence-electron chi connectivity index (χ2n) is 5.48. The molecule has 2 aromatic heterocycles. The first-order chi connectivity index (χ1) is 12.0. The summed E-state index contributed by atoms with van der Waals surface area (Å²) >= 11 is 0. The number of hydrazine groups is 1. The van der Waals surface area contributed by atoms with Crippen molar-refractivity contribution in [2.75, 3.05) is 26.1 Å². The van der Waals surface area contributed by atoms with Gasteiger partial charge in [0.15, 0.2) is 22.9 Å². The predicted molar refractivity (Wildman–Crippen MR) is 93.9 cm³/mol. The number of aromatic hydroxyl groups is 1. The molecule has 25 heavy (non-hydrogen) atoms. The lowest BCUT2D eigenvalue weighted by Gasteiger charge is -2.11. The number of pyridine rings is 1. The van der Waals surface area contributed by atoms with Crippen LogP contribution < -0.4 is 5.43 Å². The first-order valence-electron chi connectivity index (χ1n) is 7.69. The molecule has 0 fully saturated rings. The van der Waals surface area contributed by atoms with Crippen molar-refractivity contribution in [1.29, 1.82) is 0 Å². The number of furan rings is 1. The number of ether oxygens (including phenoxy) is 1. The van der Waals surface area contributed by atoms with Crippen LogP contribution in [0.2, 0.25) is 0 Å². The molecule has 1 aliphatic rings. The van der Waals surface area contributed by atoms with Crippen molar-refractivity contribution in [2.45, 2.75) is 6.92 Å². The van der Waals surface area contributed by atoms with Crippen LogP contribution in [0.1, 0.15) is 28.6 Å². The fraction of sp³-hybridized carbons (Fsp3) is 0.235. The van der Waals surface area contributed by atoms with Gasteiger partial charge < -0.3 is 14.3 Å². The molecule has 2 aromatic rings. The van der Waals surface area contributed by atoms with Crippen molar-refractivity contribution in [1.82, 2.24) is 9.99 Å². The topological polar surface area (TPSA) is 100 Å². The molecule has 8 heteroatoms. The summed E-state index contributed by atoms with van der Waals surface area (Å²) in [6, 6.07) is 3.67. The van der Waals surface area contributed by atoms with E-state index < -0.39 is 5.97 Å². The maximum absolute atomic E-state index is 12.2. The standard InChI is InChI=1S/C17H18N4O4/c1-4-24-17(23)13-14(22)12(25-16(13)20-21(2)3)8-10-9-19-15-11(10)6-5-7-18-15/h5-9,20,22H,4H2,1-3H3. The first-order valence-corrected chi connectivity index (χ1v) is 7.69. The van der Waals surface area contributed by atoms with Crippen molar-refractivity contribution < 1.29 is 19.1 Å². The van der Waals surface area contributed by atoms with E-state index in [4.69, 9.17) is 9.15 Å². The summed E-state index contributed by atoms with van der Waals surface area (Å²) in [6.45, 7) is 1.88. The number of rotatable bonds is 5. The van der Waals surface area contributed by atoms with Gasteiger partial charge in [0, 0.05) is 37.6 Å². The zero-order valence-electron chi connectivity index (χ0n) is 14.1. The zero-order valence-corrected chi connectivity index (χ0v) is 14.1. The van der Waals surface area contributed by atoms with Gasteiger partial charge in [-0.15, -0.1) is 0 Å². The summed E-state index contributed by atoms with van der Waals surface area (Å²) in [4.78, 5) is 20.5. The number of nitrogens with one attached hydrogen (secondary N) is 1. The molecule has 1 aliphatic heterocycles. The van der Waals surface area contributed by atoms with Gasteiger partial charge in [0.25, 0.3) is 0 Å². The normalized spacial score (nSPS) is 14.2. The summed E-state index contributed by atoms with van der Waals surface area (Å²) in [5.41, 5.74) is 4.34. The van der Waals surface area contributed by atoms with Gasteiger partial charge in [0.05, 0.1) is 6.61 Å². The van der Waals surface area contributed by atoms with E-state index in [1.54, 1.807) is 50.6 Å². The molecule has 0 radical (unpaired) electrons. The second-order valence-corrected chi connectivity index (χ2v) is 5.48. The van der Waals surface area contributed by atoms with E-state index >= 15 is 0 Å². The van der Waals surface area contributed by atoms with Crippen molar-refractivity contribution in [2.24, 2.45) is 4.99 Å². The third-order valence-electron chi connectivity index (χ3n) is 3.42. The molecule has 0 amide bonds. The molecule has 0 atom stereocenters. The fourth-order valence-corrected chi connectivity index (χ4v) is 2.39. The van der Waals surface area contributed by atoms with E-state index in [0.717, 1.165) is 11.1 Å². The van der Waals surface area contributed by atoms with Gasteiger partial charge in [0.2, 0.25) is 5.88 Å². The third-order valence-corrected chi connectivity index (χ3v) is 3.42. The van der Waals surface area contributed by atoms with E-state index in [0.29, 0.717) is 5.82 Å². The van der Waals surface area contributed by atoms with Gasteiger partial charge in [-0.1, -0.05) is 0 Å². The second kappa shape index (κ2) is 6.78. The maximum atomic E-state index is 12.2. The number of aromatic nitrogens is 1. The van der Waals surface area contributed by atoms with Crippen molar-refractivity contribution >= 4 is 35.5 Å². The number of allylic oxidation sites excluding steroid dienone is 1. The lowest BCUT2D eigenvalue weighted by atomic mass is 10.1. The van der Waals surface area contributed by atoms with Crippen LogP contribution in [0, 0.1) is 0 Å². The molecule has 0 aliphatic carbocycles. The highest BCUT2D eigenvalue weighted by molar-refractivity contribution is 6.21. The minimum absolute atomic E-state index is 0.0521. The molecule has 3 rings (SSSR count). The van der Waals surface area contributed by atoms with Gasteiger partial charge in [-0.2, -0.15) is 0 Å². The molecule has 130 valence electrons. The average Bonchev–Trinajstić information content (AvgIpc) is 3.10. The van der Waals surface area contributed by atoms with Crippen molar-refractivity contribution in [3.8, 4) is 5.75 Å². The summed E-state index contributed by atoms with van der Waals surface area (Å²) in [5.74, 6) is -0.127. The van der Waals surface area contributed by atoms with Crippen LogP contribution in [-0.4, -0.2) is 48.0 Å². The van der Waals surface area contributed by atoms with Gasteiger partial charge in [-0.25, -0.2) is 19.8 Å². The highest BCUT2D eigenvalue weighted by Crippen LogP contribution is 2.38. The van der Waals surface area contributed by atoms with E-state index in [9.17, 15) is 9.90 Å². The number of esters is 1. The first kappa shape index (κ1) is 16.7. The van der Waals surface area contributed by atoms with Crippen LogP contribution in [0.15, 0.2) is 27.7 Å². The molecular weight excluding hydrogens is 324 g/mol. The number of carbonyl (C=O) groups excluding carboxylic acids is 1. The molecule has 0 saturated carbocycles. The zero-order chi connectivity index (χ0) is 18.0. The molecule has 0 aromatic carbocycles. The Morgan fingerprint density at radius 1 is 1.48 bits per heavy atom. The van der Waals surface area contributed by atoms with Crippen LogP contribution >= 0.6 is 0 Å². The SMILES string of the molecule is CCOC(=O)c1c(NN(C)C)oc(C=C2C=Nc3ncccc32)c1O. The summed E-state index contributed by atoms with van der Waals surface area (Å²) < 4.78 is 10.6. The molecule has 2 N–H and O–H groups in total. The summed E-state index contributed by atoms with van der Waals surface area (Å²) in [7, 11) is 3.47. The quantitative estimate of drug-likeness (QED) is 0.636. The van der Waals surface area contributed by atoms with Crippen LogP contribution in [0.4, 0.5) is 11.7 Å². The largest absolute Gasteiger partial charge is 0.504 e. The monoisotopic (exact) mass is 342 g/mol. The molecule has 0 bridgehead atoms. The van der Waals surface area contributed by atoms with Crippen molar-refractivity contribution in [3.63, 3.8) is 0 Å². The number of anilines is 1. The van der Waals surface area contributed by atoms with Gasteiger partial charge in [-0.05, 0) is 25.1 Å². The number of aliphatic imine (C=N–C) groups is 1. The summed E-state index contributed by atoms with van der Waals surface area (Å²) in [6.07, 6.45) is 4.89. The number of hydrogen-bond donors (Lipinski definition) is 2. The molecule has 8 nitrogen and oxygen atoms in total.